The first-order valence-electron chi connectivity index (χ1n) is 4.65. The van der Waals surface area contributed by atoms with Gasteiger partial charge in [-0.1, -0.05) is 11.6 Å². The van der Waals surface area contributed by atoms with Crippen molar-refractivity contribution in [1.82, 2.24) is 9.88 Å². The predicted molar refractivity (Wildman–Crippen MR) is 62.1 cm³/mol. The molecule has 1 aromatic heterocycles. The molecule has 0 aliphatic carbocycles. The van der Waals surface area contributed by atoms with Gasteiger partial charge in [-0.3, -0.25) is 0 Å². The van der Waals surface area contributed by atoms with E-state index in [1.807, 2.05) is 18.9 Å². The van der Waals surface area contributed by atoms with E-state index in [9.17, 15) is 5.11 Å². The summed E-state index contributed by atoms with van der Waals surface area (Å²) >= 11 is 5.73. The summed E-state index contributed by atoms with van der Waals surface area (Å²) in [6, 6.07) is 1.60. The second-order valence-corrected chi connectivity index (χ2v) is 3.62. The maximum Gasteiger partial charge on any atom is 0.230 e. The Bertz CT molecular complexity index is 379. The fraction of sp³-hybridized carbons (Fsp3) is 0.400. The van der Waals surface area contributed by atoms with Gasteiger partial charge in [0.2, 0.25) is 5.88 Å². The lowest BCUT2D eigenvalue weighted by Crippen LogP contribution is -2.14. The van der Waals surface area contributed by atoms with E-state index in [0.717, 1.165) is 6.54 Å². The lowest BCUT2D eigenvalue weighted by Gasteiger charge is -2.08. The van der Waals surface area contributed by atoms with Crippen molar-refractivity contribution in [3.05, 3.63) is 16.8 Å². The van der Waals surface area contributed by atoms with Gasteiger partial charge in [-0.05, 0) is 19.9 Å². The number of nitrogens with zero attached hydrogens (tertiary/aromatic N) is 3. The van der Waals surface area contributed by atoms with E-state index in [2.05, 4.69) is 9.98 Å². The zero-order valence-electron chi connectivity index (χ0n) is 9.03. The highest BCUT2D eigenvalue weighted by molar-refractivity contribution is 6.32. The first kappa shape index (κ1) is 11.8. The first-order valence-corrected chi connectivity index (χ1v) is 5.03. The van der Waals surface area contributed by atoms with Crippen LogP contribution in [0.2, 0.25) is 5.02 Å². The van der Waals surface area contributed by atoms with Crippen molar-refractivity contribution in [2.45, 2.75) is 13.8 Å². The van der Waals surface area contributed by atoms with Crippen molar-refractivity contribution in [2.75, 3.05) is 13.6 Å². The highest BCUT2D eigenvalue weighted by Crippen LogP contribution is 2.27. The highest BCUT2D eigenvalue weighted by atomic mass is 35.5. The van der Waals surface area contributed by atoms with Gasteiger partial charge >= 0.3 is 0 Å². The number of hydrogen-bond donors (Lipinski definition) is 1. The largest absolute Gasteiger partial charge is 0.492 e. The Balaban J connectivity index is 2.95. The number of aromatic hydroxyl groups is 1. The summed E-state index contributed by atoms with van der Waals surface area (Å²) in [6.07, 6.45) is 1.71. The molecular formula is C10H14ClN3O. The summed E-state index contributed by atoms with van der Waals surface area (Å²) in [5, 5.41) is 9.46. The molecule has 0 saturated carbocycles. The summed E-state index contributed by atoms with van der Waals surface area (Å²) in [5.41, 5.74) is 1.32. The molecule has 1 N–H and O–H groups in total. The molecule has 0 radical (unpaired) electrons. The lowest BCUT2D eigenvalue weighted by molar-refractivity contribution is 0.452. The number of pyridine rings is 1. The van der Waals surface area contributed by atoms with Crippen molar-refractivity contribution < 1.29 is 5.11 Å². The molecule has 4 nitrogen and oxygen atoms in total. The number of rotatable bonds is 3. The molecule has 0 saturated heterocycles. The Kier molecular flexibility index (Phi) is 3.91. The molecule has 15 heavy (non-hydrogen) atoms. The van der Waals surface area contributed by atoms with Crippen LogP contribution in [0, 0.1) is 6.92 Å². The minimum absolute atomic E-state index is 0.156. The summed E-state index contributed by atoms with van der Waals surface area (Å²) in [5.74, 6) is -0.156. The van der Waals surface area contributed by atoms with E-state index >= 15 is 0 Å². The van der Waals surface area contributed by atoms with Crippen molar-refractivity contribution in [3.8, 4) is 5.88 Å². The second kappa shape index (κ2) is 4.98. The number of hydrogen-bond acceptors (Lipinski definition) is 3. The second-order valence-electron chi connectivity index (χ2n) is 3.22. The van der Waals surface area contributed by atoms with Gasteiger partial charge in [-0.25, -0.2) is 9.98 Å². The number of aryl methyl sites for hydroxylation is 1. The van der Waals surface area contributed by atoms with E-state index in [1.54, 1.807) is 19.3 Å². The molecule has 1 rings (SSSR count). The van der Waals surface area contributed by atoms with E-state index in [0.29, 0.717) is 11.4 Å². The molecule has 0 unspecified atom stereocenters. The van der Waals surface area contributed by atoms with E-state index in [-0.39, 0.29) is 10.9 Å². The Morgan fingerprint density at radius 2 is 2.33 bits per heavy atom. The van der Waals surface area contributed by atoms with Gasteiger partial charge in [0.1, 0.15) is 5.02 Å². The van der Waals surface area contributed by atoms with Gasteiger partial charge in [0.05, 0.1) is 17.7 Å². The normalized spacial score (nSPS) is 10.9. The van der Waals surface area contributed by atoms with Crippen LogP contribution in [0.15, 0.2) is 11.1 Å². The minimum atomic E-state index is -0.156. The van der Waals surface area contributed by atoms with E-state index in [1.165, 1.54) is 0 Å². The van der Waals surface area contributed by atoms with Crippen molar-refractivity contribution in [2.24, 2.45) is 4.99 Å². The zero-order valence-corrected chi connectivity index (χ0v) is 9.78. The standard InChI is InChI=1S/C10H14ClN3O/c1-4-14(3)6-12-9-5-8(11)10(15)13-7(9)2/h5-6H,4H2,1-3H3,(H,13,15). The number of halogens is 1. The molecule has 0 fully saturated rings. The molecule has 0 aromatic carbocycles. The van der Waals surface area contributed by atoms with Crippen molar-refractivity contribution in [3.63, 3.8) is 0 Å². The van der Waals surface area contributed by atoms with Crippen LogP contribution in [-0.2, 0) is 0 Å². The van der Waals surface area contributed by atoms with Crippen LogP contribution in [0.25, 0.3) is 0 Å². The van der Waals surface area contributed by atoms with Crippen LogP contribution >= 0.6 is 11.6 Å². The van der Waals surface area contributed by atoms with Gasteiger partial charge < -0.3 is 10.0 Å². The highest BCUT2D eigenvalue weighted by Gasteiger charge is 2.04. The Hall–Kier alpha value is -1.29. The fourth-order valence-electron chi connectivity index (χ4n) is 0.932. The van der Waals surface area contributed by atoms with Crippen molar-refractivity contribution in [1.29, 1.82) is 0 Å². The molecule has 1 aromatic rings. The van der Waals surface area contributed by atoms with Crippen LogP contribution in [0.5, 0.6) is 5.88 Å². The summed E-state index contributed by atoms with van der Waals surface area (Å²) < 4.78 is 0. The summed E-state index contributed by atoms with van der Waals surface area (Å²) in [6.45, 7) is 4.68. The van der Waals surface area contributed by atoms with Crippen LogP contribution in [-0.4, -0.2) is 34.9 Å². The first-order chi connectivity index (χ1) is 7.04. The molecule has 82 valence electrons. The van der Waals surface area contributed by atoms with Gasteiger partial charge in [-0.15, -0.1) is 0 Å². The Morgan fingerprint density at radius 1 is 1.67 bits per heavy atom. The summed E-state index contributed by atoms with van der Waals surface area (Å²) in [4.78, 5) is 10.0. The molecule has 0 aliphatic rings. The summed E-state index contributed by atoms with van der Waals surface area (Å²) in [7, 11) is 1.92. The maximum absolute atomic E-state index is 9.24. The molecule has 0 bridgehead atoms. The average Bonchev–Trinajstić information content (AvgIpc) is 2.21. The van der Waals surface area contributed by atoms with Crippen LogP contribution in [0.3, 0.4) is 0 Å². The average molecular weight is 228 g/mol. The minimum Gasteiger partial charge on any atom is -0.492 e. The smallest absolute Gasteiger partial charge is 0.230 e. The SMILES string of the molecule is CCN(C)C=Nc1cc(Cl)c(O)nc1C. The maximum atomic E-state index is 9.24. The van der Waals surface area contributed by atoms with Gasteiger partial charge in [-0.2, -0.15) is 0 Å². The topological polar surface area (TPSA) is 48.7 Å². The Labute approximate surface area is 94.2 Å². The predicted octanol–water partition coefficient (Wildman–Crippen LogP) is 2.36. The number of aliphatic imine (C=N–C) groups is 1. The third kappa shape index (κ3) is 3.09. The van der Waals surface area contributed by atoms with Crippen LogP contribution < -0.4 is 0 Å². The van der Waals surface area contributed by atoms with Gasteiger partial charge in [0.25, 0.3) is 0 Å². The van der Waals surface area contributed by atoms with E-state index in [4.69, 9.17) is 11.6 Å². The monoisotopic (exact) mass is 227 g/mol. The molecule has 0 spiro atoms. The van der Waals surface area contributed by atoms with Gasteiger partial charge in [0.15, 0.2) is 0 Å². The van der Waals surface area contributed by atoms with Gasteiger partial charge in [0, 0.05) is 13.6 Å². The number of aromatic nitrogens is 1. The lowest BCUT2D eigenvalue weighted by atomic mass is 10.3. The molecular weight excluding hydrogens is 214 g/mol. The Morgan fingerprint density at radius 3 is 2.93 bits per heavy atom. The quantitative estimate of drug-likeness (QED) is 0.637. The molecule has 0 amide bonds. The fourth-order valence-corrected chi connectivity index (χ4v) is 1.08. The molecule has 0 atom stereocenters. The third-order valence-corrected chi connectivity index (χ3v) is 2.29. The van der Waals surface area contributed by atoms with Crippen LogP contribution in [0.1, 0.15) is 12.6 Å². The molecule has 0 aliphatic heterocycles. The van der Waals surface area contributed by atoms with E-state index < -0.39 is 0 Å². The zero-order chi connectivity index (χ0) is 11.4. The van der Waals surface area contributed by atoms with Crippen molar-refractivity contribution >= 4 is 23.6 Å². The third-order valence-electron chi connectivity index (χ3n) is 2.01. The van der Waals surface area contributed by atoms with Crippen LogP contribution in [0.4, 0.5) is 5.69 Å². The molecule has 1 heterocycles. The molecule has 5 heteroatoms.